The molecule has 1 aromatic carbocycles. The number of carbonyl (C=O) groups is 1. The van der Waals surface area contributed by atoms with Crippen LogP contribution < -0.4 is 15.5 Å². The number of rotatable bonds is 7. The molecule has 116 valence electrons. The van der Waals surface area contributed by atoms with E-state index < -0.39 is 0 Å². The number of fused-ring (bicyclic) bond motifs is 1. The molecule has 5 heteroatoms. The average molecular weight is 291 g/mol. The van der Waals surface area contributed by atoms with Crippen LogP contribution in [0.5, 0.6) is 0 Å². The highest BCUT2D eigenvalue weighted by Crippen LogP contribution is 2.33. The lowest BCUT2D eigenvalue weighted by Gasteiger charge is -2.21. The molecule has 21 heavy (non-hydrogen) atoms. The maximum absolute atomic E-state index is 11.9. The van der Waals surface area contributed by atoms with Gasteiger partial charge in [-0.15, -0.1) is 0 Å². The molecule has 0 aliphatic carbocycles. The van der Waals surface area contributed by atoms with Gasteiger partial charge in [0.2, 0.25) is 5.91 Å². The second kappa shape index (κ2) is 6.91. The summed E-state index contributed by atoms with van der Waals surface area (Å²) in [5, 5.41) is 6.14. The molecule has 1 heterocycles. The van der Waals surface area contributed by atoms with Crippen LogP contribution in [0, 0.1) is 0 Å². The molecule has 0 aromatic heterocycles. The van der Waals surface area contributed by atoms with E-state index >= 15 is 0 Å². The SMILES string of the molecule is CCNC1C(=O)Nc2cc(N(C)CCOC(C)C)ccc21. The summed E-state index contributed by atoms with van der Waals surface area (Å²) in [6, 6.07) is 5.88. The van der Waals surface area contributed by atoms with Crippen LogP contribution in [0.2, 0.25) is 0 Å². The quantitative estimate of drug-likeness (QED) is 0.808. The third-order valence-corrected chi connectivity index (χ3v) is 3.59. The van der Waals surface area contributed by atoms with E-state index in [4.69, 9.17) is 4.74 Å². The first-order valence-electron chi connectivity index (χ1n) is 7.53. The van der Waals surface area contributed by atoms with Crippen molar-refractivity contribution in [3.63, 3.8) is 0 Å². The van der Waals surface area contributed by atoms with Crippen LogP contribution in [0.15, 0.2) is 18.2 Å². The summed E-state index contributed by atoms with van der Waals surface area (Å²) in [6.07, 6.45) is 0.249. The zero-order valence-electron chi connectivity index (χ0n) is 13.3. The molecule has 1 aliphatic heterocycles. The van der Waals surface area contributed by atoms with Crippen LogP contribution in [-0.2, 0) is 9.53 Å². The third-order valence-electron chi connectivity index (χ3n) is 3.59. The van der Waals surface area contributed by atoms with Gasteiger partial charge in [0.15, 0.2) is 0 Å². The van der Waals surface area contributed by atoms with Crippen LogP contribution >= 0.6 is 0 Å². The number of anilines is 2. The van der Waals surface area contributed by atoms with Gasteiger partial charge in [-0.05, 0) is 32.5 Å². The minimum absolute atomic E-state index is 0.0230. The molecule has 0 fully saturated rings. The highest BCUT2D eigenvalue weighted by Gasteiger charge is 2.29. The van der Waals surface area contributed by atoms with Gasteiger partial charge >= 0.3 is 0 Å². The predicted octanol–water partition coefficient (Wildman–Crippen LogP) is 2.15. The van der Waals surface area contributed by atoms with Crippen LogP contribution in [0.4, 0.5) is 11.4 Å². The molecule has 1 unspecified atom stereocenters. The molecule has 1 amide bonds. The number of ether oxygens (including phenoxy) is 1. The maximum Gasteiger partial charge on any atom is 0.246 e. The van der Waals surface area contributed by atoms with Crippen molar-refractivity contribution in [2.75, 3.05) is 37.0 Å². The molecule has 2 N–H and O–H groups in total. The summed E-state index contributed by atoms with van der Waals surface area (Å²) in [5.74, 6) is 0.0230. The van der Waals surface area contributed by atoms with Crippen molar-refractivity contribution in [1.82, 2.24) is 5.32 Å². The second-order valence-electron chi connectivity index (χ2n) is 5.59. The summed E-state index contributed by atoms with van der Waals surface area (Å²) in [4.78, 5) is 14.1. The highest BCUT2D eigenvalue weighted by atomic mass is 16.5. The Labute approximate surface area is 126 Å². The fourth-order valence-corrected chi connectivity index (χ4v) is 2.45. The smallest absolute Gasteiger partial charge is 0.246 e. The van der Waals surface area contributed by atoms with Gasteiger partial charge in [-0.25, -0.2) is 0 Å². The number of hydrogen-bond donors (Lipinski definition) is 2. The fourth-order valence-electron chi connectivity index (χ4n) is 2.45. The van der Waals surface area contributed by atoms with Crippen molar-refractivity contribution in [3.05, 3.63) is 23.8 Å². The Kier molecular flexibility index (Phi) is 5.20. The van der Waals surface area contributed by atoms with Gasteiger partial charge in [-0.1, -0.05) is 13.0 Å². The van der Waals surface area contributed by atoms with Gasteiger partial charge in [-0.2, -0.15) is 0 Å². The highest BCUT2D eigenvalue weighted by molar-refractivity contribution is 6.03. The molecule has 0 saturated carbocycles. The first-order chi connectivity index (χ1) is 10.0. The molecular formula is C16H25N3O2. The van der Waals surface area contributed by atoms with E-state index in [1.165, 1.54) is 0 Å². The lowest BCUT2D eigenvalue weighted by atomic mass is 10.1. The van der Waals surface area contributed by atoms with E-state index in [9.17, 15) is 4.79 Å². The normalized spacial score (nSPS) is 17.0. The van der Waals surface area contributed by atoms with Gasteiger partial charge in [-0.3, -0.25) is 4.79 Å². The lowest BCUT2D eigenvalue weighted by molar-refractivity contribution is -0.117. The van der Waals surface area contributed by atoms with Crippen LogP contribution in [-0.4, -0.2) is 38.8 Å². The van der Waals surface area contributed by atoms with Gasteiger partial charge < -0.3 is 20.3 Å². The minimum atomic E-state index is -0.228. The molecular weight excluding hydrogens is 266 g/mol. The Morgan fingerprint density at radius 3 is 2.86 bits per heavy atom. The molecule has 0 bridgehead atoms. The van der Waals surface area contributed by atoms with E-state index in [0.29, 0.717) is 6.61 Å². The first-order valence-corrected chi connectivity index (χ1v) is 7.53. The van der Waals surface area contributed by atoms with E-state index in [0.717, 1.165) is 30.0 Å². The van der Waals surface area contributed by atoms with E-state index in [2.05, 4.69) is 21.6 Å². The number of nitrogens with zero attached hydrogens (tertiary/aromatic N) is 1. The lowest BCUT2D eigenvalue weighted by Crippen LogP contribution is -2.27. The standard InChI is InChI=1S/C16H25N3O2/c1-5-17-15-13-7-6-12(10-14(13)18-16(15)20)19(4)8-9-21-11(2)3/h6-7,10-11,15,17H,5,8-9H2,1-4H3,(H,18,20). The zero-order valence-corrected chi connectivity index (χ0v) is 13.3. The van der Waals surface area contributed by atoms with Crippen molar-refractivity contribution in [1.29, 1.82) is 0 Å². The van der Waals surface area contributed by atoms with Crippen molar-refractivity contribution >= 4 is 17.3 Å². The molecule has 1 aromatic rings. The van der Waals surface area contributed by atoms with E-state index in [-0.39, 0.29) is 18.1 Å². The molecule has 2 rings (SSSR count). The number of benzene rings is 1. The zero-order chi connectivity index (χ0) is 15.4. The van der Waals surface area contributed by atoms with Crippen molar-refractivity contribution in [3.8, 4) is 0 Å². The number of nitrogens with one attached hydrogen (secondary N) is 2. The second-order valence-corrected chi connectivity index (χ2v) is 5.59. The Balaban J connectivity index is 2.05. The molecule has 5 nitrogen and oxygen atoms in total. The predicted molar refractivity (Wildman–Crippen MR) is 85.8 cm³/mol. The Bertz CT molecular complexity index is 502. The molecule has 0 spiro atoms. The molecule has 1 atom stereocenters. The van der Waals surface area contributed by atoms with E-state index in [1.807, 2.05) is 40.0 Å². The fraction of sp³-hybridized carbons (Fsp3) is 0.562. The summed E-state index contributed by atoms with van der Waals surface area (Å²) in [6.45, 7) is 8.35. The topological polar surface area (TPSA) is 53.6 Å². The number of likely N-dealkylation sites (N-methyl/N-ethyl adjacent to an activating group) is 2. The van der Waals surface area contributed by atoms with Gasteiger partial charge in [0.05, 0.1) is 12.7 Å². The van der Waals surface area contributed by atoms with Crippen molar-refractivity contribution in [2.24, 2.45) is 0 Å². The Hall–Kier alpha value is -1.59. The summed E-state index contributed by atoms with van der Waals surface area (Å²) >= 11 is 0. The minimum Gasteiger partial charge on any atom is -0.377 e. The summed E-state index contributed by atoms with van der Waals surface area (Å²) in [7, 11) is 2.03. The van der Waals surface area contributed by atoms with Crippen molar-refractivity contribution in [2.45, 2.75) is 32.9 Å². The maximum atomic E-state index is 11.9. The molecule has 1 aliphatic rings. The van der Waals surface area contributed by atoms with Crippen molar-refractivity contribution < 1.29 is 9.53 Å². The number of amides is 1. The summed E-state index contributed by atoms with van der Waals surface area (Å²) < 4.78 is 5.57. The van der Waals surface area contributed by atoms with Gasteiger partial charge in [0.1, 0.15) is 6.04 Å². The van der Waals surface area contributed by atoms with Crippen LogP contribution in [0.3, 0.4) is 0 Å². The van der Waals surface area contributed by atoms with Crippen LogP contribution in [0.25, 0.3) is 0 Å². The third kappa shape index (κ3) is 3.74. The van der Waals surface area contributed by atoms with E-state index in [1.54, 1.807) is 0 Å². The molecule has 0 saturated heterocycles. The first kappa shape index (κ1) is 15.8. The number of carbonyl (C=O) groups excluding carboxylic acids is 1. The van der Waals surface area contributed by atoms with Gasteiger partial charge in [0.25, 0.3) is 0 Å². The summed E-state index contributed by atoms with van der Waals surface area (Å²) in [5.41, 5.74) is 3.01. The number of hydrogen-bond acceptors (Lipinski definition) is 4. The molecule has 0 radical (unpaired) electrons. The Morgan fingerprint density at radius 2 is 2.19 bits per heavy atom. The Morgan fingerprint density at radius 1 is 1.43 bits per heavy atom. The monoisotopic (exact) mass is 291 g/mol. The average Bonchev–Trinajstić information content (AvgIpc) is 2.74. The van der Waals surface area contributed by atoms with Gasteiger partial charge in [0, 0.05) is 30.5 Å². The van der Waals surface area contributed by atoms with Crippen LogP contribution in [0.1, 0.15) is 32.4 Å². The largest absolute Gasteiger partial charge is 0.377 e.